The summed E-state index contributed by atoms with van der Waals surface area (Å²) in [4.78, 5) is 23.8. The number of nitrogens with zero attached hydrogens (tertiary/aromatic N) is 1. The van der Waals surface area contributed by atoms with Gasteiger partial charge in [-0.25, -0.2) is 4.79 Å². The molecule has 2 heterocycles. The maximum Gasteiger partial charge on any atom is 0.329 e. The largest absolute Gasteiger partial charge is 0.467 e. The van der Waals surface area contributed by atoms with Crippen LogP contribution >= 0.6 is 11.8 Å². The van der Waals surface area contributed by atoms with Gasteiger partial charge in [0.25, 0.3) is 5.56 Å². The number of methoxy groups -OCH3 is 1. The summed E-state index contributed by atoms with van der Waals surface area (Å²) in [5.41, 5.74) is 0.428. The summed E-state index contributed by atoms with van der Waals surface area (Å²) in [6.45, 7) is 1.76. The van der Waals surface area contributed by atoms with Crippen LogP contribution in [-0.4, -0.2) is 28.5 Å². The summed E-state index contributed by atoms with van der Waals surface area (Å²) < 4.78 is 6.22. The molecule has 0 fully saturated rings. The van der Waals surface area contributed by atoms with Crippen LogP contribution in [0.1, 0.15) is 18.5 Å². The molecule has 1 aromatic heterocycles. The van der Waals surface area contributed by atoms with E-state index in [1.807, 2.05) is 6.92 Å². The van der Waals surface area contributed by atoms with E-state index in [2.05, 4.69) is 0 Å². The second-order valence-electron chi connectivity index (χ2n) is 4.29. The summed E-state index contributed by atoms with van der Waals surface area (Å²) in [6, 6.07) is 2.37. The van der Waals surface area contributed by atoms with Crippen LogP contribution in [0.4, 0.5) is 0 Å². The van der Waals surface area contributed by atoms with E-state index in [0.717, 1.165) is 5.75 Å². The minimum absolute atomic E-state index is 0.0154. The summed E-state index contributed by atoms with van der Waals surface area (Å²) in [5.74, 6) is 0.318. The third-order valence-electron chi connectivity index (χ3n) is 3.07. The molecule has 2 rings (SSSR count). The number of carbonyl (C=O) groups is 1. The minimum Gasteiger partial charge on any atom is -0.467 e. The van der Waals surface area contributed by atoms with Crippen LogP contribution in [-0.2, 0) is 16.1 Å². The van der Waals surface area contributed by atoms with Gasteiger partial charge in [-0.05, 0) is 12.0 Å². The Kier molecular flexibility index (Phi) is 3.77. The van der Waals surface area contributed by atoms with Crippen molar-refractivity contribution in [2.45, 2.75) is 24.6 Å². The molecule has 0 spiro atoms. The lowest BCUT2D eigenvalue weighted by atomic mass is 10.0. The SMILES string of the molecule is COC(=O)[C@@H]1[C@H](C)CSc2c(CO)ccc(=O)n21. The summed E-state index contributed by atoms with van der Waals surface area (Å²) >= 11 is 1.49. The number of hydrogen-bond acceptors (Lipinski definition) is 5. The second-order valence-corrected chi connectivity index (χ2v) is 5.30. The molecule has 0 aliphatic carbocycles. The van der Waals surface area contributed by atoms with E-state index < -0.39 is 12.0 Å². The van der Waals surface area contributed by atoms with Crippen LogP contribution in [0.5, 0.6) is 0 Å². The Balaban J connectivity index is 2.62. The van der Waals surface area contributed by atoms with Gasteiger partial charge in [0.1, 0.15) is 6.04 Å². The number of aromatic nitrogens is 1. The van der Waals surface area contributed by atoms with Crippen LogP contribution in [0.25, 0.3) is 0 Å². The Morgan fingerprint density at radius 3 is 2.94 bits per heavy atom. The first kappa shape index (κ1) is 13.2. The highest BCUT2D eigenvalue weighted by molar-refractivity contribution is 7.99. The molecule has 0 unspecified atom stereocenters. The van der Waals surface area contributed by atoms with Gasteiger partial charge in [0, 0.05) is 17.4 Å². The highest BCUT2D eigenvalue weighted by atomic mass is 32.2. The van der Waals surface area contributed by atoms with Crippen LogP contribution in [0.15, 0.2) is 22.0 Å². The van der Waals surface area contributed by atoms with E-state index >= 15 is 0 Å². The predicted molar refractivity (Wildman–Crippen MR) is 67.6 cm³/mol. The van der Waals surface area contributed by atoms with Gasteiger partial charge >= 0.3 is 5.97 Å². The molecule has 0 saturated carbocycles. The van der Waals surface area contributed by atoms with Crippen molar-refractivity contribution in [1.29, 1.82) is 0 Å². The number of ether oxygens (including phenoxy) is 1. The first-order chi connectivity index (χ1) is 8.60. The fraction of sp³-hybridized carbons (Fsp3) is 0.500. The quantitative estimate of drug-likeness (QED) is 0.804. The Bertz CT molecular complexity index is 525. The van der Waals surface area contributed by atoms with E-state index in [9.17, 15) is 14.7 Å². The van der Waals surface area contributed by atoms with Crippen molar-refractivity contribution < 1.29 is 14.6 Å². The molecule has 98 valence electrons. The van der Waals surface area contributed by atoms with Crippen molar-refractivity contribution in [3.8, 4) is 0 Å². The molecule has 1 N–H and O–H groups in total. The highest BCUT2D eigenvalue weighted by Crippen LogP contribution is 2.36. The lowest BCUT2D eigenvalue weighted by Gasteiger charge is -2.31. The monoisotopic (exact) mass is 269 g/mol. The molecule has 0 aromatic carbocycles. The van der Waals surface area contributed by atoms with E-state index in [-0.39, 0.29) is 18.1 Å². The Morgan fingerprint density at radius 1 is 1.61 bits per heavy atom. The Labute approximate surface area is 109 Å². The van der Waals surface area contributed by atoms with Crippen LogP contribution < -0.4 is 5.56 Å². The molecule has 0 amide bonds. The molecule has 1 aliphatic heterocycles. The zero-order valence-electron chi connectivity index (χ0n) is 10.3. The number of hydrogen-bond donors (Lipinski definition) is 1. The first-order valence-corrected chi connectivity index (χ1v) is 6.64. The molecule has 1 aliphatic rings. The van der Waals surface area contributed by atoms with Crippen molar-refractivity contribution in [2.24, 2.45) is 5.92 Å². The highest BCUT2D eigenvalue weighted by Gasteiger charge is 2.34. The van der Waals surface area contributed by atoms with Crippen molar-refractivity contribution in [1.82, 2.24) is 4.57 Å². The smallest absolute Gasteiger partial charge is 0.329 e. The molecule has 0 radical (unpaired) electrons. The van der Waals surface area contributed by atoms with Gasteiger partial charge in [-0.15, -0.1) is 11.8 Å². The van der Waals surface area contributed by atoms with Gasteiger partial charge in [-0.3, -0.25) is 9.36 Å². The first-order valence-electron chi connectivity index (χ1n) is 5.66. The molecule has 18 heavy (non-hydrogen) atoms. The molecule has 0 bridgehead atoms. The summed E-state index contributed by atoms with van der Waals surface area (Å²) in [6.07, 6.45) is 0. The molecular formula is C12H15NO4S. The second kappa shape index (κ2) is 5.16. The lowest BCUT2D eigenvalue weighted by molar-refractivity contribution is -0.146. The van der Waals surface area contributed by atoms with Crippen molar-refractivity contribution in [2.75, 3.05) is 12.9 Å². The molecule has 1 aromatic rings. The number of carbonyl (C=O) groups excluding carboxylic acids is 1. The summed E-state index contributed by atoms with van der Waals surface area (Å²) in [5, 5.41) is 9.95. The Hall–Kier alpha value is -1.27. The number of esters is 1. The maximum atomic E-state index is 12.0. The average Bonchev–Trinajstić information content (AvgIpc) is 2.38. The number of fused-ring (bicyclic) bond motifs is 1. The number of aliphatic hydroxyl groups excluding tert-OH is 1. The zero-order chi connectivity index (χ0) is 13.3. The maximum absolute atomic E-state index is 12.0. The van der Waals surface area contributed by atoms with Crippen molar-refractivity contribution >= 4 is 17.7 Å². The van der Waals surface area contributed by atoms with Crippen LogP contribution in [0, 0.1) is 5.92 Å². The fourth-order valence-electron chi connectivity index (χ4n) is 2.14. The normalized spacial score (nSPS) is 22.4. The van der Waals surface area contributed by atoms with Gasteiger partial charge < -0.3 is 9.84 Å². The number of rotatable bonds is 2. The number of aliphatic hydroxyl groups is 1. The van der Waals surface area contributed by atoms with E-state index in [1.54, 1.807) is 6.07 Å². The van der Waals surface area contributed by atoms with Crippen LogP contribution in [0.2, 0.25) is 0 Å². The molecule has 0 saturated heterocycles. The Morgan fingerprint density at radius 2 is 2.33 bits per heavy atom. The van der Waals surface area contributed by atoms with Gasteiger partial charge in [0.15, 0.2) is 0 Å². The van der Waals surface area contributed by atoms with E-state index in [1.165, 1.54) is 29.5 Å². The van der Waals surface area contributed by atoms with Gasteiger partial charge in [-0.2, -0.15) is 0 Å². The average molecular weight is 269 g/mol. The number of pyridine rings is 1. The molecule has 5 nitrogen and oxygen atoms in total. The molecule has 6 heteroatoms. The van der Waals surface area contributed by atoms with Crippen molar-refractivity contribution in [3.05, 3.63) is 28.0 Å². The van der Waals surface area contributed by atoms with Gasteiger partial charge in [0.2, 0.25) is 0 Å². The third kappa shape index (κ3) is 2.06. The van der Waals surface area contributed by atoms with E-state index in [0.29, 0.717) is 10.6 Å². The van der Waals surface area contributed by atoms with E-state index in [4.69, 9.17) is 4.74 Å². The summed E-state index contributed by atoms with van der Waals surface area (Å²) in [7, 11) is 1.32. The third-order valence-corrected chi connectivity index (χ3v) is 4.50. The van der Waals surface area contributed by atoms with Gasteiger partial charge in [0.05, 0.1) is 18.7 Å². The lowest BCUT2D eigenvalue weighted by Crippen LogP contribution is -2.39. The zero-order valence-corrected chi connectivity index (χ0v) is 11.1. The van der Waals surface area contributed by atoms with Crippen LogP contribution in [0.3, 0.4) is 0 Å². The number of thioether (sulfide) groups is 1. The fourth-order valence-corrected chi connectivity index (χ4v) is 3.40. The van der Waals surface area contributed by atoms with Gasteiger partial charge in [-0.1, -0.05) is 6.92 Å². The molecular weight excluding hydrogens is 254 g/mol. The molecule has 2 atom stereocenters. The standard InChI is InChI=1S/C12H15NO4S/c1-7-6-18-11-8(5-14)3-4-9(15)13(11)10(7)12(16)17-2/h3-4,7,10,14H,5-6H2,1-2H3/t7-,10+/m1/s1. The minimum atomic E-state index is -0.606. The topological polar surface area (TPSA) is 68.5 Å². The van der Waals surface area contributed by atoms with Crippen molar-refractivity contribution in [3.63, 3.8) is 0 Å². The predicted octanol–water partition coefficient (Wildman–Crippen LogP) is 0.796.